The molecule has 3 amide bonds. The molecule has 6 nitrogen and oxygen atoms in total. The lowest BCUT2D eigenvalue weighted by atomic mass is 10.0. The molecule has 0 aromatic heterocycles. The van der Waals surface area contributed by atoms with E-state index in [2.05, 4.69) is 5.32 Å². The molecule has 0 fully saturated rings. The first-order valence-corrected chi connectivity index (χ1v) is 10.5. The van der Waals surface area contributed by atoms with E-state index in [-0.39, 0.29) is 19.6 Å². The van der Waals surface area contributed by atoms with E-state index in [1.165, 1.54) is 0 Å². The number of benzene rings is 3. The Morgan fingerprint density at radius 2 is 1.47 bits per heavy atom. The van der Waals surface area contributed by atoms with Gasteiger partial charge in [-0.2, -0.15) is 0 Å². The zero-order valence-corrected chi connectivity index (χ0v) is 17.8. The zero-order chi connectivity index (χ0) is 22.5. The molecular weight excluding hydrogens is 404 g/mol. The number of carbonyl (C=O) groups excluding carboxylic acids is 3. The van der Waals surface area contributed by atoms with Gasteiger partial charge in [0.05, 0.1) is 17.7 Å². The van der Waals surface area contributed by atoms with Gasteiger partial charge in [0.15, 0.2) is 0 Å². The molecule has 1 aliphatic heterocycles. The molecule has 32 heavy (non-hydrogen) atoms. The van der Waals surface area contributed by atoms with Crippen molar-refractivity contribution < 1.29 is 19.1 Å². The summed E-state index contributed by atoms with van der Waals surface area (Å²) in [6.45, 7) is 2.52. The molecule has 4 rings (SSSR count). The molecule has 3 aromatic carbocycles. The highest BCUT2D eigenvalue weighted by atomic mass is 16.5. The Labute approximate surface area is 186 Å². The topological polar surface area (TPSA) is 75.7 Å². The zero-order valence-electron chi connectivity index (χ0n) is 17.8. The third-order valence-electron chi connectivity index (χ3n) is 5.40. The van der Waals surface area contributed by atoms with Crippen molar-refractivity contribution in [3.8, 4) is 5.75 Å². The highest BCUT2D eigenvalue weighted by Crippen LogP contribution is 2.26. The number of carbonyl (C=O) groups is 3. The minimum absolute atomic E-state index is 0.233. The van der Waals surface area contributed by atoms with Gasteiger partial charge in [0, 0.05) is 6.42 Å². The molecule has 0 saturated heterocycles. The van der Waals surface area contributed by atoms with Gasteiger partial charge in [-0.3, -0.25) is 19.3 Å². The molecule has 0 spiro atoms. The molecular formula is C26H24N2O4. The fraction of sp³-hybridized carbons (Fsp3) is 0.192. The number of rotatable bonds is 8. The highest BCUT2D eigenvalue weighted by Gasteiger charge is 2.42. The summed E-state index contributed by atoms with van der Waals surface area (Å²) >= 11 is 0. The maximum atomic E-state index is 13.1. The lowest BCUT2D eigenvalue weighted by Gasteiger charge is -2.25. The molecule has 1 aliphatic rings. The summed E-state index contributed by atoms with van der Waals surface area (Å²) in [5.41, 5.74) is 2.65. The lowest BCUT2D eigenvalue weighted by molar-refractivity contribution is -0.125. The van der Waals surface area contributed by atoms with Gasteiger partial charge in [-0.25, -0.2) is 0 Å². The molecule has 162 valence electrons. The summed E-state index contributed by atoms with van der Waals surface area (Å²) in [7, 11) is 0. The van der Waals surface area contributed by atoms with Crippen molar-refractivity contribution in [1.82, 2.24) is 10.2 Å². The second-order valence-corrected chi connectivity index (χ2v) is 7.68. The molecule has 0 bridgehead atoms. The average molecular weight is 428 g/mol. The van der Waals surface area contributed by atoms with Crippen molar-refractivity contribution in [3.05, 3.63) is 101 Å². The molecule has 3 aromatic rings. The van der Waals surface area contributed by atoms with Gasteiger partial charge in [-0.15, -0.1) is 0 Å². The Bertz CT molecular complexity index is 1090. The van der Waals surface area contributed by atoms with Gasteiger partial charge in [0.25, 0.3) is 11.8 Å². The van der Waals surface area contributed by atoms with E-state index in [4.69, 9.17) is 4.74 Å². The minimum atomic E-state index is -0.954. The smallest absolute Gasteiger partial charge is 0.262 e. The van der Waals surface area contributed by atoms with Crippen molar-refractivity contribution in [1.29, 1.82) is 0 Å². The standard InChI is InChI=1S/C26H24N2O4/c1-18-11-13-20(14-12-18)32-16-15-27-24(29)23(17-19-7-3-2-4-8-19)28-25(30)21-9-5-6-10-22(21)26(28)31/h2-14,23H,15-17H2,1H3,(H,27,29)/t23-/m0/s1. The molecule has 1 heterocycles. The molecule has 6 heteroatoms. The van der Waals surface area contributed by atoms with Crippen LogP contribution >= 0.6 is 0 Å². The summed E-state index contributed by atoms with van der Waals surface area (Å²) in [6, 6.07) is 22.7. The van der Waals surface area contributed by atoms with Crippen LogP contribution in [0.1, 0.15) is 31.8 Å². The molecule has 1 N–H and O–H groups in total. The molecule has 0 aliphatic carbocycles. The first kappa shape index (κ1) is 21.3. The van der Waals surface area contributed by atoms with Crippen molar-refractivity contribution >= 4 is 17.7 Å². The second kappa shape index (κ2) is 9.47. The van der Waals surface area contributed by atoms with Crippen LogP contribution in [0.25, 0.3) is 0 Å². The molecule has 0 saturated carbocycles. The summed E-state index contributed by atoms with van der Waals surface area (Å²) in [5, 5.41) is 2.82. The Kier molecular flexibility index (Phi) is 6.31. The number of hydrogen-bond acceptors (Lipinski definition) is 4. The van der Waals surface area contributed by atoms with Crippen LogP contribution in [0.15, 0.2) is 78.9 Å². The van der Waals surface area contributed by atoms with Gasteiger partial charge < -0.3 is 10.1 Å². The largest absolute Gasteiger partial charge is 0.492 e. The summed E-state index contributed by atoms with van der Waals surface area (Å²) < 4.78 is 5.67. The predicted molar refractivity (Wildman–Crippen MR) is 121 cm³/mol. The van der Waals surface area contributed by atoms with Gasteiger partial charge in [-0.1, -0.05) is 60.2 Å². The Balaban J connectivity index is 1.47. The quantitative estimate of drug-likeness (QED) is 0.441. The van der Waals surface area contributed by atoms with Gasteiger partial charge >= 0.3 is 0 Å². The van der Waals surface area contributed by atoms with E-state index >= 15 is 0 Å². The first-order chi connectivity index (χ1) is 15.5. The van der Waals surface area contributed by atoms with Crippen LogP contribution in [-0.4, -0.2) is 41.8 Å². The van der Waals surface area contributed by atoms with Crippen molar-refractivity contribution in [2.24, 2.45) is 0 Å². The van der Waals surface area contributed by atoms with Gasteiger partial charge in [0.2, 0.25) is 5.91 Å². The highest BCUT2D eigenvalue weighted by molar-refractivity contribution is 6.22. The van der Waals surface area contributed by atoms with Crippen molar-refractivity contribution in [2.45, 2.75) is 19.4 Å². The van der Waals surface area contributed by atoms with Crippen molar-refractivity contribution in [3.63, 3.8) is 0 Å². The van der Waals surface area contributed by atoms with Crippen LogP contribution in [0.5, 0.6) is 5.75 Å². The number of hydrogen-bond donors (Lipinski definition) is 1. The minimum Gasteiger partial charge on any atom is -0.492 e. The number of amides is 3. The fourth-order valence-electron chi connectivity index (χ4n) is 3.72. The number of nitrogens with zero attached hydrogens (tertiary/aromatic N) is 1. The lowest BCUT2D eigenvalue weighted by Crippen LogP contribution is -2.51. The van der Waals surface area contributed by atoms with Crippen LogP contribution < -0.4 is 10.1 Å². The summed E-state index contributed by atoms with van der Waals surface area (Å²) in [6.07, 6.45) is 0.233. The van der Waals surface area contributed by atoms with Crippen LogP contribution in [-0.2, 0) is 11.2 Å². The van der Waals surface area contributed by atoms with E-state index in [9.17, 15) is 14.4 Å². The summed E-state index contributed by atoms with van der Waals surface area (Å²) in [4.78, 5) is 40.2. The number of imide groups is 1. The average Bonchev–Trinajstić information content (AvgIpc) is 3.07. The van der Waals surface area contributed by atoms with Gasteiger partial charge in [-0.05, 0) is 36.8 Å². The third kappa shape index (κ3) is 4.54. The Hall–Kier alpha value is -3.93. The number of aryl methyl sites for hydroxylation is 1. The van der Waals surface area contributed by atoms with Crippen LogP contribution in [0, 0.1) is 6.92 Å². The van der Waals surface area contributed by atoms with E-state index in [1.54, 1.807) is 24.3 Å². The van der Waals surface area contributed by atoms with E-state index in [0.29, 0.717) is 16.9 Å². The van der Waals surface area contributed by atoms with Gasteiger partial charge in [0.1, 0.15) is 18.4 Å². The number of nitrogens with one attached hydrogen (secondary N) is 1. The number of fused-ring (bicyclic) bond motifs is 1. The number of ether oxygens (including phenoxy) is 1. The monoisotopic (exact) mass is 428 g/mol. The SMILES string of the molecule is Cc1ccc(OCCNC(=O)[C@H](Cc2ccccc2)N2C(=O)c3ccccc3C2=O)cc1. The van der Waals surface area contributed by atoms with Crippen LogP contribution in [0.2, 0.25) is 0 Å². The van der Waals surface area contributed by atoms with E-state index in [1.807, 2.05) is 61.5 Å². The second-order valence-electron chi connectivity index (χ2n) is 7.68. The van der Waals surface area contributed by atoms with Crippen LogP contribution in [0.3, 0.4) is 0 Å². The third-order valence-corrected chi connectivity index (χ3v) is 5.40. The van der Waals surface area contributed by atoms with Crippen molar-refractivity contribution in [2.75, 3.05) is 13.2 Å². The predicted octanol–water partition coefficient (Wildman–Crippen LogP) is 3.40. The van der Waals surface area contributed by atoms with E-state index < -0.39 is 23.8 Å². The molecule has 0 unspecified atom stereocenters. The normalized spacial score (nSPS) is 13.6. The first-order valence-electron chi connectivity index (χ1n) is 10.5. The Morgan fingerprint density at radius 1 is 0.875 bits per heavy atom. The molecule has 1 atom stereocenters. The molecule has 0 radical (unpaired) electrons. The van der Waals surface area contributed by atoms with Crippen LogP contribution in [0.4, 0.5) is 0 Å². The fourth-order valence-corrected chi connectivity index (χ4v) is 3.72. The maximum absolute atomic E-state index is 13.1. The maximum Gasteiger partial charge on any atom is 0.262 e. The van der Waals surface area contributed by atoms with E-state index in [0.717, 1.165) is 16.0 Å². The Morgan fingerprint density at radius 3 is 2.09 bits per heavy atom. The summed E-state index contributed by atoms with van der Waals surface area (Å²) in [5.74, 6) is -0.572.